The average Bonchev–Trinajstić information content (AvgIpc) is 3.47. The van der Waals surface area contributed by atoms with Crippen LogP contribution in [0, 0.1) is 6.92 Å². The molecular weight excluding hydrogens is 406 g/mol. The summed E-state index contributed by atoms with van der Waals surface area (Å²) in [5.74, 6) is 0.153. The second-order valence-electron chi connectivity index (χ2n) is 7.77. The number of alkyl halides is 2. The number of pyridine rings is 1. The van der Waals surface area contributed by atoms with E-state index in [2.05, 4.69) is 19.8 Å². The number of rotatable bonds is 4. The molecule has 0 unspecified atom stereocenters. The molecule has 2 aromatic carbocycles. The summed E-state index contributed by atoms with van der Waals surface area (Å²) in [5, 5.41) is 12.4. The maximum atomic E-state index is 13.3. The number of carbonyl (C=O) groups excluding carboxylic acids is 1. The third-order valence-electron chi connectivity index (χ3n) is 5.62. The summed E-state index contributed by atoms with van der Waals surface area (Å²) in [4.78, 5) is 17.7. The number of ether oxygens (including phenoxy) is 2. The second-order valence-corrected chi connectivity index (χ2v) is 7.77. The smallest absolute Gasteiger partial charge is 0.508 e. The normalized spacial score (nSPS) is 17.3. The Balaban J connectivity index is 0.00000245. The van der Waals surface area contributed by atoms with Crippen molar-refractivity contribution in [2.45, 2.75) is 31.5 Å². The lowest BCUT2D eigenvalue weighted by Crippen LogP contribution is -2.28. The van der Waals surface area contributed by atoms with E-state index in [1.54, 1.807) is 36.4 Å². The highest BCUT2D eigenvalue weighted by molar-refractivity contribution is 6.01. The third-order valence-corrected chi connectivity index (χ3v) is 5.62. The molecule has 1 aliphatic heterocycles. The van der Waals surface area contributed by atoms with Crippen LogP contribution in [0.1, 0.15) is 25.4 Å². The minimum Gasteiger partial charge on any atom is -0.508 e. The number of hydrogen-bond donors (Lipinski definition) is 2. The first-order valence-corrected chi connectivity index (χ1v) is 9.75. The molecule has 5 rings (SSSR count). The Hall–Kier alpha value is -3.68. The molecular formula is C23H20F2N2O4. The number of phenolic OH excluding ortho intramolecular Hbond substituents is 1. The first kappa shape index (κ1) is 19.3. The number of fused-ring (bicyclic) bond motifs is 1. The number of nitrogens with one attached hydrogen (secondary N) is 1. The number of hydrogen-bond acceptors (Lipinski definition) is 5. The van der Waals surface area contributed by atoms with Crippen molar-refractivity contribution >= 4 is 11.7 Å². The highest BCUT2D eigenvalue weighted by Crippen LogP contribution is 2.52. The van der Waals surface area contributed by atoms with Crippen molar-refractivity contribution < 1.29 is 29.6 Å². The Kier molecular flexibility index (Phi) is 4.15. The monoisotopic (exact) mass is 426 g/mol. The summed E-state index contributed by atoms with van der Waals surface area (Å²) >= 11 is 0. The first-order valence-electron chi connectivity index (χ1n) is 9.75. The quantitative estimate of drug-likeness (QED) is 0.614. The molecule has 160 valence electrons. The minimum atomic E-state index is -3.70. The van der Waals surface area contributed by atoms with E-state index in [4.69, 9.17) is 0 Å². The number of aryl methyl sites for hydroxylation is 1. The molecule has 8 heteroatoms. The molecule has 2 heterocycles. The zero-order valence-corrected chi connectivity index (χ0v) is 16.5. The Bertz CT molecular complexity index is 1200. The molecule has 0 saturated heterocycles. The van der Waals surface area contributed by atoms with E-state index in [0.717, 1.165) is 11.1 Å². The van der Waals surface area contributed by atoms with E-state index in [0.29, 0.717) is 29.9 Å². The fourth-order valence-corrected chi connectivity index (χ4v) is 3.76. The molecule has 31 heavy (non-hydrogen) atoms. The van der Waals surface area contributed by atoms with Crippen molar-refractivity contribution in [2.75, 3.05) is 5.32 Å². The summed E-state index contributed by atoms with van der Waals surface area (Å²) in [6.45, 7) is 1.91. The van der Waals surface area contributed by atoms with Crippen LogP contribution < -0.4 is 14.8 Å². The molecule has 0 radical (unpaired) electrons. The van der Waals surface area contributed by atoms with E-state index >= 15 is 0 Å². The van der Waals surface area contributed by atoms with Gasteiger partial charge in [0.05, 0.1) is 11.1 Å². The molecule has 1 saturated carbocycles. The fraction of sp³-hybridized carbons (Fsp3) is 0.217. The van der Waals surface area contributed by atoms with Gasteiger partial charge >= 0.3 is 6.29 Å². The van der Waals surface area contributed by atoms with Crippen LogP contribution in [-0.4, -0.2) is 22.3 Å². The van der Waals surface area contributed by atoms with Gasteiger partial charge in [-0.1, -0.05) is 12.1 Å². The predicted octanol–water partition coefficient (Wildman–Crippen LogP) is 5.00. The van der Waals surface area contributed by atoms with Crippen LogP contribution in [0.4, 0.5) is 14.6 Å². The number of anilines is 1. The number of phenols is 1. The molecule has 2 aliphatic rings. The largest absolute Gasteiger partial charge is 0.586 e. The molecule has 2 N–H and O–H groups in total. The fourth-order valence-electron chi connectivity index (χ4n) is 3.76. The number of aromatic nitrogens is 1. The maximum absolute atomic E-state index is 13.3. The van der Waals surface area contributed by atoms with E-state index < -0.39 is 11.7 Å². The van der Waals surface area contributed by atoms with Gasteiger partial charge in [-0.15, -0.1) is 8.78 Å². The van der Waals surface area contributed by atoms with Gasteiger partial charge in [0.2, 0.25) is 5.91 Å². The summed E-state index contributed by atoms with van der Waals surface area (Å²) in [5.41, 5.74) is 2.19. The minimum absolute atomic E-state index is 0. The SMILES string of the molecule is Cc1ccc(NC(=O)C2(c3ccc4c(c3)OC(F)(F)O4)CC2)nc1-c1ccc(O)cc1.[HH]. The van der Waals surface area contributed by atoms with Crippen LogP contribution in [0.5, 0.6) is 17.2 Å². The van der Waals surface area contributed by atoms with Gasteiger partial charge in [0.1, 0.15) is 11.6 Å². The van der Waals surface area contributed by atoms with Crippen LogP contribution in [-0.2, 0) is 10.2 Å². The van der Waals surface area contributed by atoms with Gasteiger partial charge in [0.15, 0.2) is 11.5 Å². The van der Waals surface area contributed by atoms with Gasteiger partial charge < -0.3 is 19.9 Å². The Morgan fingerprint density at radius 1 is 1.06 bits per heavy atom. The number of benzene rings is 2. The average molecular weight is 426 g/mol. The van der Waals surface area contributed by atoms with Crippen molar-refractivity contribution in [3.05, 3.63) is 65.7 Å². The summed E-state index contributed by atoms with van der Waals surface area (Å²) in [7, 11) is 0. The number of carbonyl (C=O) groups is 1. The molecule has 3 aromatic rings. The van der Waals surface area contributed by atoms with Crippen LogP contribution in [0.2, 0.25) is 0 Å². The number of aromatic hydroxyl groups is 1. The Morgan fingerprint density at radius 3 is 2.48 bits per heavy atom. The lowest BCUT2D eigenvalue weighted by atomic mass is 9.94. The van der Waals surface area contributed by atoms with Gasteiger partial charge in [-0.3, -0.25) is 4.79 Å². The van der Waals surface area contributed by atoms with Gasteiger partial charge in [-0.25, -0.2) is 4.98 Å². The number of halogens is 2. The number of amides is 1. The van der Waals surface area contributed by atoms with Gasteiger partial charge in [-0.2, -0.15) is 0 Å². The van der Waals surface area contributed by atoms with Crippen molar-refractivity contribution in [2.24, 2.45) is 0 Å². The van der Waals surface area contributed by atoms with E-state index in [1.165, 1.54) is 12.1 Å². The van der Waals surface area contributed by atoms with E-state index in [-0.39, 0.29) is 24.6 Å². The molecule has 0 atom stereocenters. The van der Waals surface area contributed by atoms with Crippen LogP contribution in [0.15, 0.2) is 54.6 Å². The standard InChI is InChI=1S/C23H18F2N2O4.H2/c1-13-2-9-19(26-20(13)14-3-6-16(28)7-4-14)27-21(29)22(10-11-22)15-5-8-17-18(12-15)31-23(24,25)30-17;/h2-9,12,28H,10-11H2,1H3,(H,26,27,29);1H. The molecule has 0 spiro atoms. The van der Waals surface area contributed by atoms with Crippen LogP contribution >= 0.6 is 0 Å². The lowest BCUT2D eigenvalue weighted by Gasteiger charge is -2.17. The molecule has 1 aromatic heterocycles. The van der Waals surface area contributed by atoms with Crippen molar-refractivity contribution in [3.63, 3.8) is 0 Å². The maximum Gasteiger partial charge on any atom is 0.586 e. The van der Waals surface area contributed by atoms with Crippen LogP contribution in [0.3, 0.4) is 0 Å². The van der Waals surface area contributed by atoms with Crippen LogP contribution in [0.25, 0.3) is 11.3 Å². The van der Waals surface area contributed by atoms with Gasteiger partial charge in [0.25, 0.3) is 0 Å². The number of nitrogens with zero attached hydrogens (tertiary/aromatic N) is 1. The summed E-state index contributed by atoms with van der Waals surface area (Å²) in [6, 6.07) is 14.7. The van der Waals surface area contributed by atoms with Crippen molar-refractivity contribution in [3.8, 4) is 28.5 Å². The summed E-state index contributed by atoms with van der Waals surface area (Å²) < 4.78 is 35.6. The van der Waals surface area contributed by atoms with Crippen molar-refractivity contribution in [1.29, 1.82) is 0 Å². The molecule has 0 bridgehead atoms. The van der Waals surface area contributed by atoms with Crippen molar-refractivity contribution in [1.82, 2.24) is 4.98 Å². The molecule has 1 aliphatic carbocycles. The molecule has 1 fully saturated rings. The van der Waals surface area contributed by atoms with E-state index in [1.807, 2.05) is 13.0 Å². The topological polar surface area (TPSA) is 80.7 Å². The third kappa shape index (κ3) is 3.43. The highest BCUT2D eigenvalue weighted by Gasteiger charge is 2.53. The lowest BCUT2D eigenvalue weighted by molar-refractivity contribution is -0.286. The Labute approximate surface area is 177 Å². The zero-order chi connectivity index (χ0) is 21.8. The van der Waals surface area contributed by atoms with Gasteiger partial charge in [-0.05, 0) is 73.4 Å². The first-order chi connectivity index (χ1) is 14.8. The predicted molar refractivity (Wildman–Crippen MR) is 110 cm³/mol. The highest BCUT2D eigenvalue weighted by atomic mass is 19.3. The zero-order valence-electron chi connectivity index (χ0n) is 16.5. The molecule has 6 nitrogen and oxygen atoms in total. The molecule has 1 amide bonds. The van der Waals surface area contributed by atoms with E-state index in [9.17, 15) is 18.7 Å². The second kappa shape index (κ2) is 6.66. The Morgan fingerprint density at radius 2 is 1.77 bits per heavy atom. The summed E-state index contributed by atoms with van der Waals surface area (Å²) in [6.07, 6.45) is -2.52. The van der Waals surface area contributed by atoms with Gasteiger partial charge in [0, 0.05) is 6.99 Å².